The lowest BCUT2D eigenvalue weighted by molar-refractivity contribution is -0.121. The van der Waals surface area contributed by atoms with Crippen LogP contribution in [0.25, 0.3) is 32.7 Å². The van der Waals surface area contributed by atoms with Crippen LogP contribution in [0.5, 0.6) is 34.5 Å². The van der Waals surface area contributed by atoms with E-state index in [-0.39, 0.29) is 69.2 Å². The van der Waals surface area contributed by atoms with Gasteiger partial charge in [-0.15, -0.1) is 0 Å². The Bertz CT molecular complexity index is 2450. The van der Waals surface area contributed by atoms with Crippen LogP contribution in [0.3, 0.4) is 0 Å². The van der Waals surface area contributed by atoms with E-state index in [2.05, 4.69) is 21.1 Å². The monoisotopic (exact) mass is 782 g/mol. The highest BCUT2D eigenvalue weighted by Crippen LogP contribution is 2.54. The van der Waals surface area contributed by atoms with Crippen molar-refractivity contribution in [2.75, 3.05) is 0 Å². The molecule has 0 fully saturated rings. The number of aryl methyl sites for hydroxylation is 2. The van der Waals surface area contributed by atoms with E-state index in [4.69, 9.17) is 0 Å². The summed E-state index contributed by atoms with van der Waals surface area (Å²) in [4.78, 5) is 25.5. The molecule has 6 aromatic rings. The summed E-state index contributed by atoms with van der Waals surface area (Å²) >= 11 is 0. The number of carbonyl (C=O) groups is 2. The maximum absolute atomic E-state index is 12.7. The predicted octanol–water partition coefficient (Wildman–Crippen LogP) is 8.14. The normalized spacial score (nSPS) is 11.8. The number of amides is 2. The number of nitrogens with zero attached hydrogens (tertiary/aromatic N) is 2. The largest absolute Gasteiger partial charge is 0.507 e. The molecule has 0 saturated heterocycles. The number of carbonyl (C=O) groups excluding carboxylic acids is 2. The van der Waals surface area contributed by atoms with Crippen molar-refractivity contribution in [2.45, 2.75) is 66.2 Å². The Kier molecular flexibility index (Phi) is 11.6. The molecule has 0 bridgehead atoms. The van der Waals surface area contributed by atoms with Gasteiger partial charge in [0.05, 0.1) is 36.4 Å². The average molecular weight is 783 g/mol. The zero-order valence-electron chi connectivity index (χ0n) is 33.0. The molecule has 0 heterocycles. The first-order valence-electron chi connectivity index (χ1n) is 18.8. The molecule has 6 aromatic carbocycles. The molecule has 0 aliphatic heterocycles. The number of hydrogen-bond acceptors (Lipinski definition) is 10. The molecule has 298 valence electrons. The van der Waals surface area contributed by atoms with Crippen LogP contribution in [0.1, 0.15) is 84.0 Å². The van der Waals surface area contributed by atoms with Gasteiger partial charge >= 0.3 is 0 Å². The van der Waals surface area contributed by atoms with Crippen LogP contribution in [0.2, 0.25) is 0 Å². The van der Waals surface area contributed by atoms with E-state index in [0.717, 1.165) is 23.6 Å². The fourth-order valence-corrected chi connectivity index (χ4v) is 7.60. The number of rotatable bonds is 11. The van der Waals surface area contributed by atoms with E-state index in [1.165, 1.54) is 0 Å². The van der Waals surface area contributed by atoms with Gasteiger partial charge in [-0.1, -0.05) is 100 Å². The molecule has 0 spiro atoms. The second kappa shape index (κ2) is 16.6. The maximum Gasteiger partial charge on any atom is 0.244 e. The molecule has 0 atom stereocenters. The molecule has 0 aromatic heterocycles. The summed E-state index contributed by atoms with van der Waals surface area (Å²) in [6, 6.07) is 21.6. The van der Waals surface area contributed by atoms with Crippen LogP contribution in [0.15, 0.2) is 83.0 Å². The van der Waals surface area contributed by atoms with Crippen LogP contribution in [0.4, 0.5) is 0 Å². The molecule has 58 heavy (non-hydrogen) atoms. The summed E-state index contributed by atoms with van der Waals surface area (Å²) in [7, 11) is 0. The molecule has 0 aliphatic carbocycles. The number of aromatic hydroxyl groups is 6. The number of phenols is 6. The highest BCUT2D eigenvalue weighted by Gasteiger charge is 2.29. The SMILES string of the molecule is Cc1cc2c(C(C)C)c(O)c(O)c(/C=N/NC(=O)Cc3ccccc3)c2c(O)c1-c1c(C)cc2c(C(C)C)c(O)c(O)c(/C=N/NC(=O)Cc3ccccc3)c2c1O. The highest BCUT2D eigenvalue weighted by atomic mass is 16.3. The van der Waals surface area contributed by atoms with Crippen molar-refractivity contribution >= 4 is 45.8 Å². The van der Waals surface area contributed by atoms with E-state index in [0.29, 0.717) is 33.0 Å². The summed E-state index contributed by atoms with van der Waals surface area (Å²) < 4.78 is 0. The lowest BCUT2D eigenvalue weighted by atomic mass is 9.83. The van der Waals surface area contributed by atoms with Crippen molar-refractivity contribution in [3.63, 3.8) is 0 Å². The Morgan fingerprint density at radius 3 is 1.22 bits per heavy atom. The molecule has 0 unspecified atom stereocenters. The smallest absolute Gasteiger partial charge is 0.244 e. The fourth-order valence-electron chi connectivity index (χ4n) is 7.60. The van der Waals surface area contributed by atoms with E-state index in [9.17, 15) is 40.2 Å². The van der Waals surface area contributed by atoms with Gasteiger partial charge in [0, 0.05) is 33.0 Å². The molecule has 0 saturated carbocycles. The Morgan fingerprint density at radius 1 is 0.552 bits per heavy atom. The standard InChI is InChI=1S/C46H46N4O8/c1-23(2)35-29-17-25(5)37(43(55)39(29)31(41(53)45(35)57)21-47-49-33(51)19-27-13-9-7-10-14-27)38-26(6)18-30-36(24(3)4)46(58)42(54)32(40(30)44(38)56)22-48-50-34(52)20-28-15-11-8-12-16-28/h7-18,21-24,53-58H,19-20H2,1-6H3,(H,49,51)(H,50,52)/b47-21+,48-22+. The second-order valence-electron chi connectivity index (χ2n) is 14.9. The van der Waals surface area contributed by atoms with Gasteiger partial charge in [-0.2, -0.15) is 10.2 Å². The molecule has 0 aliphatic rings. The van der Waals surface area contributed by atoms with Crippen molar-refractivity contribution in [1.82, 2.24) is 10.9 Å². The maximum atomic E-state index is 12.7. The molecule has 6 rings (SSSR count). The molecular formula is C46H46N4O8. The first-order chi connectivity index (χ1) is 27.6. The van der Waals surface area contributed by atoms with Crippen LogP contribution >= 0.6 is 0 Å². The van der Waals surface area contributed by atoms with E-state index < -0.39 is 34.8 Å². The van der Waals surface area contributed by atoms with E-state index >= 15 is 0 Å². The fraction of sp³-hybridized carbons (Fsp3) is 0.217. The zero-order chi connectivity index (χ0) is 42.0. The minimum Gasteiger partial charge on any atom is -0.507 e. The number of nitrogens with one attached hydrogen (secondary N) is 2. The third kappa shape index (κ3) is 7.68. The van der Waals surface area contributed by atoms with E-state index in [1.807, 2.05) is 64.1 Å². The summed E-state index contributed by atoms with van der Waals surface area (Å²) in [6.45, 7) is 10.8. The lowest BCUT2D eigenvalue weighted by Crippen LogP contribution is -2.19. The second-order valence-corrected chi connectivity index (χ2v) is 14.9. The van der Waals surface area contributed by atoms with Crippen LogP contribution in [-0.4, -0.2) is 54.9 Å². The molecule has 12 nitrogen and oxygen atoms in total. The van der Waals surface area contributed by atoms with Crippen LogP contribution < -0.4 is 10.9 Å². The summed E-state index contributed by atoms with van der Waals surface area (Å²) in [5.41, 5.74) is 8.28. The van der Waals surface area contributed by atoms with Crippen molar-refractivity contribution in [3.05, 3.63) is 117 Å². The van der Waals surface area contributed by atoms with Crippen LogP contribution in [0, 0.1) is 13.8 Å². The summed E-state index contributed by atoms with van der Waals surface area (Å²) in [6.07, 6.45) is 2.37. The topological polar surface area (TPSA) is 204 Å². The minimum atomic E-state index is -0.573. The first-order valence-corrected chi connectivity index (χ1v) is 18.8. The number of phenolic OH excluding ortho intramolecular Hbond substituents is 6. The van der Waals surface area contributed by atoms with Gasteiger partial charge in [-0.05, 0) is 58.7 Å². The Balaban J connectivity index is 1.55. The van der Waals surface area contributed by atoms with E-state index in [1.54, 1.807) is 50.2 Å². The van der Waals surface area contributed by atoms with Crippen molar-refractivity contribution in [1.29, 1.82) is 0 Å². The third-order valence-corrected chi connectivity index (χ3v) is 10.2. The van der Waals surface area contributed by atoms with Crippen molar-refractivity contribution in [3.8, 4) is 45.6 Å². The van der Waals surface area contributed by atoms with Gasteiger partial charge in [-0.25, -0.2) is 10.9 Å². The average Bonchev–Trinajstić information content (AvgIpc) is 3.16. The number of benzene rings is 6. The van der Waals surface area contributed by atoms with Gasteiger partial charge in [0.2, 0.25) is 11.8 Å². The molecular weight excluding hydrogens is 737 g/mol. The zero-order valence-corrected chi connectivity index (χ0v) is 33.0. The van der Waals surface area contributed by atoms with Gasteiger partial charge in [0.15, 0.2) is 23.0 Å². The number of hydrogen-bond donors (Lipinski definition) is 8. The number of fused-ring (bicyclic) bond motifs is 2. The molecule has 12 heteroatoms. The lowest BCUT2D eigenvalue weighted by Gasteiger charge is -2.23. The summed E-state index contributed by atoms with van der Waals surface area (Å²) in [5.74, 6) is -4.19. The molecule has 0 radical (unpaired) electrons. The van der Waals surface area contributed by atoms with Gasteiger partial charge < -0.3 is 30.6 Å². The quantitative estimate of drug-likeness (QED) is 0.0365. The minimum absolute atomic E-state index is 0.0379. The molecule has 2 amide bonds. The van der Waals surface area contributed by atoms with Crippen molar-refractivity contribution < 1.29 is 40.2 Å². The highest BCUT2D eigenvalue weighted by molar-refractivity contribution is 6.15. The first kappa shape index (κ1) is 40.6. The predicted molar refractivity (Wildman–Crippen MR) is 226 cm³/mol. The van der Waals surface area contributed by atoms with Crippen molar-refractivity contribution in [2.24, 2.45) is 10.2 Å². The van der Waals surface area contributed by atoms with Gasteiger partial charge in [-0.3, -0.25) is 9.59 Å². The van der Waals surface area contributed by atoms with Gasteiger partial charge in [0.25, 0.3) is 0 Å². The molecule has 8 N–H and O–H groups in total. The Morgan fingerprint density at radius 2 is 0.897 bits per heavy atom. The Labute approximate surface area is 335 Å². The van der Waals surface area contributed by atoms with Gasteiger partial charge in [0.1, 0.15) is 11.5 Å². The van der Waals surface area contributed by atoms with Crippen LogP contribution in [-0.2, 0) is 22.4 Å². The Hall–Kier alpha value is -7.08. The summed E-state index contributed by atoms with van der Waals surface area (Å²) in [5, 5.41) is 79.1. The number of hydrazone groups is 2. The third-order valence-electron chi connectivity index (χ3n) is 10.2.